The number of carbonyl (C=O) groups is 2. The molecule has 0 aromatic heterocycles. The molecule has 0 bridgehead atoms. The lowest BCUT2D eigenvalue weighted by atomic mass is 9.86. The van der Waals surface area contributed by atoms with Crippen LogP contribution in [0.3, 0.4) is 0 Å². The Balaban J connectivity index is 1.64. The van der Waals surface area contributed by atoms with Gasteiger partial charge in [-0.2, -0.15) is 0 Å². The summed E-state index contributed by atoms with van der Waals surface area (Å²) in [7, 11) is 2.15. The van der Waals surface area contributed by atoms with Crippen LogP contribution in [0, 0.1) is 19.8 Å². The molecule has 2 saturated heterocycles. The number of rotatable bonds is 6. The smallest absolute Gasteiger partial charge is 0.303 e. The Hall–Kier alpha value is -1.92. The minimum atomic E-state index is -0.749. The highest BCUT2D eigenvalue weighted by atomic mass is 16.4. The zero-order valence-corrected chi connectivity index (χ0v) is 18.1. The molecule has 2 aliphatic heterocycles. The summed E-state index contributed by atoms with van der Waals surface area (Å²) in [4.78, 5) is 31.0. The Morgan fingerprint density at radius 1 is 1.07 bits per heavy atom. The molecule has 160 valence electrons. The first-order valence-corrected chi connectivity index (χ1v) is 10.8. The maximum absolute atomic E-state index is 13.0. The molecule has 6 heteroatoms. The number of hydrogen-bond donors (Lipinski definition) is 1. The summed E-state index contributed by atoms with van der Waals surface area (Å²) in [5.41, 5.74) is 3.51. The van der Waals surface area contributed by atoms with Crippen LogP contribution < -0.4 is 0 Å². The third kappa shape index (κ3) is 5.80. The van der Waals surface area contributed by atoms with Gasteiger partial charge in [0.25, 0.3) is 0 Å². The molecule has 3 rings (SSSR count). The summed E-state index contributed by atoms with van der Waals surface area (Å²) < 4.78 is 0. The molecule has 6 nitrogen and oxygen atoms in total. The first kappa shape index (κ1) is 21.8. The molecule has 1 amide bonds. The van der Waals surface area contributed by atoms with Gasteiger partial charge in [0.1, 0.15) is 0 Å². The van der Waals surface area contributed by atoms with Gasteiger partial charge in [-0.1, -0.05) is 18.2 Å². The van der Waals surface area contributed by atoms with Gasteiger partial charge in [-0.3, -0.25) is 14.5 Å². The van der Waals surface area contributed by atoms with E-state index in [0.29, 0.717) is 25.4 Å². The quantitative estimate of drug-likeness (QED) is 0.792. The number of carboxylic acids is 1. The van der Waals surface area contributed by atoms with Crippen molar-refractivity contribution in [1.29, 1.82) is 0 Å². The van der Waals surface area contributed by atoms with Crippen LogP contribution in [0.2, 0.25) is 0 Å². The van der Waals surface area contributed by atoms with Gasteiger partial charge in [0.05, 0.1) is 6.42 Å². The highest BCUT2D eigenvalue weighted by Gasteiger charge is 2.35. The SMILES string of the molecule is Cc1ccc(CC(=O)N2CC[C@H](N3CCN(C)CC3)[C@H](CCC(=O)O)C2)cc1C. The molecule has 0 aliphatic carbocycles. The fourth-order valence-electron chi connectivity index (χ4n) is 4.67. The van der Waals surface area contributed by atoms with Crippen LogP contribution in [-0.4, -0.2) is 84.0 Å². The van der Waals surface area contributed by atoms with E-state index in [1.165, 1.54) is 11.1 Å². The van der Waals surface area contributed by atoms with Gasteiger partial charge >= 0.3 is 5.97 Å². The van der Waals surface area contributed by atoms with Crippen molar-refractivity contribution in [2.24, 2.45) is 5.92 Å². The minimum Gasteiger partial charge on any atom is -0.481 e. The molecule has 1 aromatic carbocycles. The van der Waals surface area contributed by atoms with Gasteiger partial charge < -0.3 is 14.9 Å². The van der Waals surface area contributed by atoms with E-state index in [2.05, 4.69) is 42.8 Å². The lowest BCUT2D eigenvalue weighted by molar-refractivity contribution is -0.137. The lowest BCUT2D eigenvalue weighted by Crippen LogP contribution is -2.57. The molecule has 1 aromatic rings. The van der Waals surface area contributed by atoms with Crippen LogP contribution in [0.1, 0.15) is 36.0 Å². The number of likely N-dealkylation sites (N-methyl/N-ethyl adjacent to an activating group) is 1. The molecular weight excluding hydrogens is 366 g/mol. The Bertz CT molecular complexity index is 728. The summed E-state index contributed by atoms with van der Waals surface area (Å²) in [5.74, 6) is -0.363. The number of benzene rings is 1. The Morgan fingerprint density at radius 2 is 1.79 bits per heavy atom. The van der Waals surface area contributed by atoms with Crippen molar-refractivity contribution in [1.82, 2.24) is 14.7 Å². The first-order chi connectivity index (χ1) is 13.8. The van der Waals surface area contributed by atoms with E-state index in [4.69, 9.17) is 0 Å². The van der Waals surface area contributed by atoms with Crippen LogP contribution in [0.5, 0.6) is 0 Å². The summed E-state index contributed by atoms with van der Waals surface area (Å²) in [6, 6.07) is 6.60. The molecule has 0 radical (unpaired) electrons. The fourth-order valence-corrected chi connectivity index (χ4v) is 4.67. The van der Waals surface area contributed by atoms with Gasteiger partial charge in [0.2, 0.25) is 5.91 Å². The summed E-state index contributed by atoms with van der Waals surface area (Å²) in [6.07, 6.45) is 2.17. The molecular formula is C23H35N3O3. The van der Waals surface area contributed by atoms with E-state index in [1.54, 1.807) is 0 Å². The van der Waals surface area contributed by atoms with Crippen molar-refractivity contribution in [2.45, 2.75) is 45.6 Å². The number of piperazine rings is 1. The van der Waals surface area contributed by atoms with Gasteiger partial charge in [-0.25, -0.2) is 0 Å². The first-order valence-electron chi connectivity index (χ1n) is 10.8. The van der Waals surface area contributed by atoms with E-state index in [-0.39, 0.29) is 18.2 Å². The van der Waals surface area contributed by atoms with E-state index in [1.807, 2.05) is 11.0 Å². The maximum atomic E-state index is 13.0. The standard InChI is InChI=1S/C23H35N3O3/c1-17-4-5-19(14-18(17)2)15-22(27)26-9-8-21(20(16-26)6-7-23(28)29)25-12-10-24(3)11-13-25/h4-5,14,20-21H,6-13,15-16H2,1-3H3,(H,28,29)/t20-,21+/m1/s1. The summed E-state index contributed by atoms with van der Waals surface area (Å²) in [5, 5.41) is 9.19. The van der Waals surface area contributed by atoms with Crippen LogP contribution in [0.15, 0.2) is 18.2 Å². The molecule has 2 aliphatic rings. The number of nitrogens with zero attached hydrogens (tertiary/aromatic N) is 3. The Labute approximate surface area is 174 Å². The van der Waals surface area contributed by atoms with E-state index < -0.39 is 5.97 Å². The van der Waals surface area contributed by atoms with E-state index in [9.17, 15) is 14.7 Å². The predicted molar refractivity (Wildman–Crippen MR) is 114 cm³/mol. The molecule has 0 unspecified atom stereocenters. The molecule has 2 fully saturated rings. The molecule has 0 saturated carbocycles. The highest BCUT2D eigenvalue weighted by Crippen LogP contribution is 2.28. The highest BCUT2D eigenvalue weighted by molar-refractivity contribution is 5.79. The van der Waals surface area contributed by atoms with Gasteiger partial charge in [0.15, 0.2) is 0 Å². The molecule has 1 N–H and O–H groups in total. The van der Waals surface area contributed by atoms with Crippen molar-refractivity contribution < 1.29 is 14.7 Å². The number of likely N-dealkylation sites (tertiary alicyclic amines) is 1. The minimum absolute atomic E-state index is 0.158. The summed E-state index contributed by atoms with van der Waals surface area (Å²) >= 11 is 0. The fraction of sp³-hybridized carbons (Fsp3) is 0.652. The zero-order valence-electron chi connectivity index (χ0n) is 18.1. The van der Waals surface area contributed by atoms with Crippen molar-refractivity contribution in [3.63, 3.8) is 0 Å². The average molecular weight is 402 g/mol. The van der Waals surface area contributed by atoms with Gasteiger partial charge in [0, 0.05) is 51.7 Å². The number of carboxylic acid groups (broad SMARTS) is 1. The second-order valence-electron chi connectivity index (χ2n) is 8.82. The van der Waals surface area contributed by atoms with Crippen molar-refractivity contribution in [3.8, 4) is 0 Å². The number of hydrogen-bond acceptors (Lipinski definition) is 4. The second kappa shape index (κ2) is 9.72. The van der Waals surface area contributed by atoms with Crippen LogP contribution in [0.4, 0.5) is 0 Å². The molecule has 2 heterocycles. The average Bonchev–Trinajstić information content (AvgIpc) is 2.69. The van der Waals surface area contributed by atoms with Gasteiger partial charge in [-0.05, 0) is 56.3 Å². The van der Waals surface area contributed by atoms with E-state index >= 15 is 0 Å². The second-order valence-corrected chi connectivity index (χ2v) is 8.82. The lowest BCUT2D eigenvalue weighted by Gasteiger charge is -2.46. The zero-order chi connectivity index (χ0) is 21.0. The Kier molecular flexibility index (Phi) is 7.30. The summed E-state index contributed by atoms with van der Waals surface area (Å²) in [6.45, 7) is 9.76. The van der Waals surface area contributed by atoms with Gasteiger partial charge in [-0.15, -0.1) is 0 Å². The van der Waals surface area contributed by atoms with Crippen molar-refractivity contribution in [2.75, 3.05) is 46.3 Å². The normalized spacial score (nSPS) is 23.9. The largest absolute Gasteiger partial charge is 0.481 e. The predicted octanol–water partition coefficient (Wildman–Crippen LogP) is 2.18. The monoisotopic (exact) mass is 401 g/mol. The number of aryl methyl sites for hydroxylation is 2. The third-order valence-electron chi connectivity index (χ3n) is 6.71. The molecule has 29 heavy (non-hydrogen) atoms. The number of amides is 1. The van der Waals surface area contributed by atoms with E-state index in [0.717, 1.165) is 44.7 Å². The van der Waals surface area contributed by atoms with Crippen molar-refractivity contribution in [3.05, 3.63) is 34.9 Å². The molecule has 0 spiro atoms. The van der Waals surface area contributed by atoms with Crippen LogP contribution >= 0.6 is 0 Å². The molecule has 2 atom stereocenters. The van der Waals surface area contributed by atoms with Crippen LogP contribution in [-0.2, 0) is 16.0 Å². The maximum Gasteiger partial charge on any atom is 0.303 e. The van der Waals surface area contributed by atoms with Crippen molar-refractivity contribution >= 4 is 11.9 Å². The van der Waals surface area contributed by atoms with Crippen LogP contribution in [0.25, 0.3) is 0 Å². The topological polar surface area (TPSA) is 64.1 Å². The number of aliphatic carboxylic acids is 1. The number of carbonyl (C=O) groups excluding carboxylic acids is 1. The Morgan fingerprint density at radius 3 is 2.45 bits per heavy atom. The number of piperidine rings is 1. The third-order valence-corrected chi connectivity index (χ3v) is 6.71.